The summed E-state index contributed by atoms with van der Waals surface area (Å²) in [5.74, 6) is 0. The number of aliphatic hydroxyl groups is 1. The van der Waals surface area contributed by atoms with Crippen LogP contribution >= 0.6 is 0 Å². The van der Waals surface area contributed by atoms with Crippen molar-refractivity contribution in [1.29, 1.82) is 0 Å². The van der Waals surface area contributed by atoms with Gasteiger partial charge in [0.2, 0.25) is 0 Å². The van der Waals surface area contributed by atoms with Crippen LogP contribution in [-0.4, -0.2) is 23.8 Å². The highest BCUT2D eigenvalue weighted by atomic mass is 16.3. The number of hydrogen-bond donors (Lipinski definition) is 2. The van der Waals surface area contributed by atoms with Gasteiger partial charge in [0, 0.05) is 12.1 Å². The highest BCUT2D eigenvalue weighted by molar-refractivity contribution is 5.16. The average Bonchev–Trinajstić information content (AvgIpc) is 2.69. The van der Waals surface area contributed by atoms with Crippen LogP contribution in [0.2, 0.25) is 0 Å². The van der Waals surface area contributed by atoms with Gasteiger partial charge in [0.25, 0.3) is 0 Å². The van der Waals surface area contributed by atoms with E-state index in [0.717, 1.165) is 6.42 Å². The minimum atomic E-state index is 0.186. The Morgan fingerprint density at radius 1 is 1.33 bits per heavy atom. The van der Waals surface area contributed by atoms with Crippen molar-refractivity contribution in [1.82, 2.24) is 5.32 Å². The fourth-order valence-corrected chi connectivity index (χ4v) is 2.99. The van der Waals surface area contributed by atoms with Crippen molar-refractivity contribution in [3.63, 3.8) is 0 Å². The van der Waals surface area contributed by atoms with Gasteiger partial charge in [0.05, 0.1) is 6.61 Å². The van der Waals surface area contributed by atoms with Crippen molar-refractivity contribution in [3.8, 4) is 0 Å². The number of aliphatic hydroxyl groups excluding tert-OH is 1. The molecule has 0 radical (unpaired) electrons. The molecule has 2 atom stereocenters. The van der Waals surface area contributed by atoms with Crippen LogP contribution in [0.15, 0.2) is 30.3 Å². The summed E-state index contributed by atoms with van der Waals surface area (Å²) < 4.78 is 0. The quantitative estimate of drug-likeness (QED) is 0.838. The summed E-state index contributed by atoms with van der Waals surface area (Å²) in [6.45, 7) is 4.88. The summed E-state index contributed by atoms with van der Waals surface area (Å²) >= 11 is 0. The molecule has 0 bridgehead atoms. The number of rotatable bonds is 5. The summed E-state index contributed by atoms with van der Waals surface area (Å²) in [4.78, 5) is 0. The van der Waals surface area contributed by atoms with Gasteiger partial charge >= 0.3 is 0 Å². The largest absolute Gasteiger partial charge is 0.395 e. The minimum Gasteiger partial charge on any atom is -0.395 e. The Labute approximate surface area is 110 Å². The summed E-state index contributed by atoms with van der Waals surface area (Å²) in [6, 6.07) is 11.2. The van der Waals surface area contributed by atoms with Crippen LogP contribution in [0.5, 0.6) is 0 Å². The van der Waals surface area contributed by atoms with Crippen LogP contribution in [0.4, 0.5) is 0 Å². The molecule has 0 spiro atoms. The molecule has 2 rings (SSSR count). The molecule has 1 aliphatic carbocycles. The van der Waals surface area contributed by atoms with Crippen molar-refractivity contribution >= 4 is 0 Å². The van der Waals surface area contributed by atoms with Crippen molar-refractivity contribution in [3.05, 3.63) is 35.9 Å². The van der Waals surface area contributed by atoms with Gasteiger partial charge in [0.15, 0.2) is 0 Å². The molecule has 2 heteroatoms. The lowest BCUT2D eigenvalue weighted by Gasteiger charge is -2.23. The van der Waals surface area contributed by atoms with E-state index in [1.165, 1.54) is 24.8 Å². The normalized spacial score (nSPS) is 24.1. The minimum absolute atomic E-state index is 0.186. The van der Waals surface area contributed by atoms with Gasteiger partial charge in [-0.3, -0.25) is 0 Å². The lowest BCUT2D eigenvalue weighted by Crippen LogP contribution is -2.41. The predicted molar refractivity (Wildman–Crippen MR) is 75.6 cm³/mol. The molecule has 1 fully saturated rings. The lowest BCUT2D eigenvalue weighted by atomic mass is 9.91. The SMILES string of the molecule is CC1(C)CCC(N[C@@H](CO)Cc2ccccc2)C1. The zero-order valence-electron chi connectivity index (χ0n) is 11.5. The number of benzene rings is 1. The Balaban J connectivity index is 1.87. The Kier molecular flexibility index (Phi) is 4.41. The Bertz CT molecular complexity index is 361. The highest BCUT2D eigenvalue weighted by Gasteiger charge is 2.31. The Hall–Kier alpha value is -0.860. The molecule has 0 heterocycles. The van der Waals surface area contributed by atoms with E-state index in [1.54, 1.807) is 0 Å². The van der Waals surface area contributed by atoms with Crippen molar-refractivity contribution in [2.24, 2.45) is 5.41 Å². The van der Waals surface area contributed by atoms with Crippen LogP contribution in [0, 0.1) is 5.41 Å². The molecule has 0 aromatic heterocycles. The van der Waals surface area contributed by atoms with E-state index in [1.807, 2.05) is 6.07 Å². The molecule has 2 nitrogen and oxygen atoms in total. The zero-order valence-corrected chi connectivity index (χ0v) is 11.5. The fraction of sp³-hybridized carbons (Fsp3) is 0.625. The molecule has 1 saturated carbocycles. The van der Waals surface area contributed by atoms with Gasteiger partial charge in [-0.2, -0.15) is 0 Å². The highest BCUT2D eigenvalue weighted by Crippen LogP contribution is 2.37. The van der Waals surface area contributed by atoms with Crippen molar-refractivity contribution < 1.29 is 5.11 Å². The number of nitrogens with one attached hydrogen (secondary N) is 1. The maximum absolute atomic E-state index is 9.52. The van der Waals surface area contributed by atoms with Gasteiger partial charge in [-0.25, -0.2) is 0 Å². The van der Waals surface area contributed by atoms with Crippen LogP contribution in [-0.2, 0) is 6.42 Å². The zero-order chi connectivity index (χ0) is 13.0. The topological polar surface area (TPSA) is 32.3 Å². The molecule has 18 heavy (non-hydrogen) atoms. The van der Waals surface area contributed by atoms with E-state index >= 15 is 0 Å². The molecule has 2 N–H and O–H groups in total. The summed E-state index contributed by atoms with van der Waals surface area (Å²) in [5, 5.41) is 13.1. The molecule has 1 aromatic carbocycles. The van der Waals surface area contributed by atoms with E-state index in [4.69, 9.17) is 0 Å². The van der Waals surface area contributed by atoms with E-state index in [-0.39, 0.29) is 12.6 Å². The first kappa shape index (κ1) is 13.6. The second kappa shape index (κ2) is 5.85. The summed E-state index contributed by atoms with van der Waals surface area (Å²) in [6.07, 6.45) is 4.65. The van der Waals surface area contributed by atoms with Gasteiger partial charge < -0.3 is 10.4 Å². The maximum atomic E-state index is 9.52. The fourth-order valence-electron chi connectivity index (χ4n) is 2.99. The first-order valence-corrected chi connectivity index (χ1v) is 7.00. The Morgan fingerprint density at radius 2 is 2.06 bits per heavy atom. The van der Waals surface area contributed by atoms with Crippen LogP contribution in [0.25, 0.3) is 0 Å². The lowest BCUT2D eigenvalue weighted by molar-refractivity contribution is 0.227. The maximum Gasteiger partial charge on any atom is 0.0587 e. The van der Waals surface area contributed by atoms with Gasteiger partial charge in [-0.1, -0.05) is 44.2 Å². The van der Waals surface area contributed by atoms with E-state index in [9.17, 15) is 5.11 Å². The molecular weight excluding hydrogens is 222 g/mol. The smallest absolute Gasteiger partial charge is 0.0587 e. The van der Waals surface area contributed by atoms with Crippen LogP contribution < -0.4 is 5.32 Å². The summed E-state index contributed by atoms with van der Waals surface area (Å²) in [5.41, 5.74) is 1.76. The van der Waals surface area contributed by atoms with E-state index < -0.39 is 0 Å². The van der Waals surface area contributed by atoms with Crippen molar-refractivity contribution in [2.45, 2.75) is 51.6 Å². The Morgan fingerprint density at radius 3 is 2.61 bits per heavy atom. The molecule has 0 saturated heterocycles. The third-order valence-corrected chi connectivity index (χ3v) is 3.99. The molecule has 0 amide bonds. The standard InChI is InChI=1S/C16H25NO/c1-16(2)9-8-14(11-16)17-15(12-18)10-13-6-4-3-5-7-13/h3-7,14-15,17-18H,8-12H2,1-2H3/t14?,15-/m1/s1. The molecular formula is C16H25NO. The first-order chi connectivity index (χ1) is 8.59. The van der Waals surface area contributed by atoms with E-state index in [0.29, 0.717) is 11.5 Å². The van der Waals surface area contributed by atoms with Crippen LogP contribution in [0.3, 0.4) is 0 Å². The van der Waals surface area contributed by atoms with Crippen LogP contribution in [0.1, 0.15) is 38.7 Å². The monoisotopic (exact) mass is 247 g/mol. The molecule has 100 valence electrons. The van der Waals surface area contributed by atoms with Crippen molar-refractivity contribution in [2.75, 3.05) is 6.61 Å². The second-order valence-corrected chi connectivity index (χ2v) is 6.34. The first-order valence-electron chi connectivity index (χ1n) is 7.00. The van der Waals surface area contributed by atoms with E-state index in [2.05, 4.69) is 43.4 Å². The number of hydrogen-bond acceptors (Lipinski definition) is 2. The van der Waals surface area contributed by atoms with Gasteiger partial charge in [-0.05, 0) is 36.7 Å². The molecule has 1 aliphatic rings. The summed E-state index contributed by atoms with van der Waals surface area (Å²) in [7, 11) is 0. The van der Waals surface area contributed by atoms with Gasteiger partial charge in [0.1, 0.15) is 0 Å². The third-order valence-electron chi connectivity index (χ3n) is 3.99. The third kappa shape index (κ3) is 3.82. The molecule has 1 aromatic rings. The molecule has 1 unspecified atom stereocenters. The van der Waals surface area contributed by atoms with Gasteiger partial charge in [-0.15, -0.1) is 0 Å². The predicted octanol–water partition coefficient (Wildman–Crippen LogP) is 2.76. The second-order valence-electron chi connectivity index (χ2n) is 6.34. The average molecular weight is 247 g/mol. The molecule has 0 aliphatic heterocycles.